The fraction of sp³-hybridized carbons (Fsp3) is 0.500. The third-order valence-corrected chi connectivity index (χ3v) is 4.78. The predicted molar refractivity (Wildman–Crippen MR) is 89.0 cm³/mol. The van der Waals surface area contributed by atoms with Gasteiger partial charge >= 0.3 is 0 Å². The topological polar surface area (TPSA) is 42.1 Å². The average Bonchev–Trinajstić information content (AvgIpc) is 2.91. The molecule has 112 valence electrons. The molecule has 21 heavy (non-hydrogen) atoms. The molecule has 3 heteroatoms. The molecule has 3 rings (SSSR count). The third kappa shape index (κ3) is 2.88. The smallest absolute Gasteiger partial charge is 0.0767 e. The van der Waals surface area contributed by atoms with Crippen LogP contribution in [-0.2, 0) is 6.54 Å². The van der Waals surface area contributed by atoms with Gasteiger partial charge < -0.3 is 5.73 Å². The lowest BCUT2D eigenvalue weighted by Gasteiger charge is -2.27. The monoisotopic (exact) mass is 283 g/mol. The lowest BCUT2D eigenvalue weighted by Crippen LogP contribution is -2.25. The Hall–Kier alpha value is -1.61. The van der Waals surface area contributed by atoms with Crippen molar-refractivity contribution < 1.29 is 0 Å². The Morgan fingerprint density at radius 3 is 2.81 bits per heavy atom. The van der Waals surface area contributed by atoms with E-state index >= 15 is 0 Å². The zero-order valence-corrected chi connectivity index (χ0v) is 13.3. The molecule has 0 bridgehead atoms. The van der Waals surface area contributed by atoms with E-state index in [0.29, 0.717) is 5.41 Å². The summed E-state index contributed by atoms with van der Waals surface area (Å²) in [5, 5.41) is 1.07. The number of nitrogens with two attached hydrogens (primary N) is 1. The summed E-state index contributed by atoms with van der Waals surface area (Å²) in [6.07, 6.45) is 3.15. The molecule has 0 aliphatic carbocycles. The van der Waals surface area contributed by atoms with Crippen LogP contribution in [0.3, 0.4) is 0 Å². The molecule has 0 spiro atoms. The number of anilines is 1. The van der Waals surface area contributed by atoms with Gasteiger partial charge in [-0.15, -0.1) is 0 Å². The van der Waals surface area contributed by atoms with Crippen molar-refractivity contribution in [3.63, 3.8) is 0 Å². The van der Waals surface area contributed by atoms with Crippen LogP contribution in [0.15, 0.2) is 30.5 Å². The summed E-state index contributed by atoms with van der Waals surface area (Å²) < 4.78 is 0. The molecule has 3 nitrogen and oxygen atoms in total. The molecule has 1 unspecified atom stereocenters. The standard InChI is InChI=1S/C18H25N3/c1-18(2,3)14-8-10-21(12-14)11-13-6-7-16(19)15-5-4-9-20-17(13)15/h4-7,9,14H,8,10-12,19H2,1-3H3. The van der Waals surface area contributed by atoms with Gasteiger partial charge in [0.2, 0.25) is 0 Å². The molecule has 2 N–H and O–H groups in total. The van der Waals surface area contributed by atoms with Crippen LogP contribution < -0.4 is 5.73 Å². The van der Waals surface area contributed by atoms with Gasteiger partial charge in [-0.2, -0.15) is 0 Å². The van der Waals surface area contributed by atoms with Gasteiger partial charge in [0.15, 0.2) is 0 Å². The summed E-state index contributed by atoms with van der Waals surface area (Å²) in [6, 6.07) is 8.16. The van der Waals surface area contributed by atoms with Crippen molar-refractivity contribution in [1.82, 2.24) is 9.88 Å². The molecule has 1 fully saturated rings. The van der Waals surface area contributed by atoms with E-state index in [2.05, 4.69) is 42.8 Å². The van der Waals surface area contributed by atoms with Gasteiger partial charge in [-0.1, -0.05) is 26.8 Å². The van der Waals surface area contributed by atoms with Gasteiger partial charge in [-0.25, -0.2) is 0 Å². The van der Waals surface area contributed by atoms with Crippen LogP contribution in [-0.4, -0.2) is 23.0 Å². The Morgan fingerprint density at radius 2 is 2.10 bits per heavy atom. The first-order valence-electron chi connectivity index (χ1n) is 7.79. The van der Waals surface area contributed by atoms with Crippen molar-refractivity contribution in [3.8, 4) is 0 Å². The van der Waals surface area contributed by atoms with Crippen LogP contribution in [0.1, 0.15) is 32.8 Å². The van der Waals surface area contributed by atoms with Gasteiger partial charge in [-0.3, -0.25) is 9.88 Å². The normalized spacial score (nSPS) is 20.2. The SMILES string of the molecule is CC(C)(C)C1CCN(Cc2ccc(N)c3cccnc23)C1. The molecule has 1 aromatic heterocycles. The van der Waals surface area contributed by atoms with Crippen LogP contribution in [0, 0.1) is 11.3 Å². The van der Waals surface area contributed by atoms with Crippen LogP contribution in [0.5, 0.6) is 0 Å². The van der Waals surface area contributed by atoms with E-state index in [1.54, 1.807) is 0 Å². The van der Waals surface area contributed by atoms with E-state index in [9.17, 15) is 0 Å². The summed E-state index contributed by atoms with van der Waals surface area (Å²) >= 11 is 0. The predicted octanol–water partition coefficient (Wildman–Crippen LogP) is 3.69. The average molecular weight is 283 g/mol. The lowest BCUT2D eigenvalue weighted by atomic mass is 9.80. The van der Waals surface area contributed by atoms with E-state index < -0.39 is 0 Å². The van der Waals surface area contributed by atoms with E-state index in [-0.39, 0.29) is 0 Å². The highest BCUT2D eigenvalue weighted by molar-refractivity contribution is 5.92. The number of nitrogens with zero attached hydrogens (tertiary/aromatic N) is 2. The number of benzene rings is 1. The summed E-state index contributed by atoms with van der Waals surface area (Å²) in [4.78, 5) is 7.10. The van der Waals surface area contributed by atoms with E-state index in [1.165, 1.54) is 25.1 Å². The van der Waals surface area contributed by atoms with Gasteiger partial charge in [0, 0.05) is 30.4 Å². The molecule has 1 saturated heterocycles. The molecule has 1 aromatic carbocycles. The van der Waals surface area contributed by atoms with Crippen molar-refractivity contribution in [3.05, 3.63) is 36.0 Å². The second kappa shape index (κ2) is 5.30. The largest absolute Gasteiger partial charge is 0.398 e. The van der Waals surface area contributed by atoms with Crippen LogP contribution in [0.4, 0.5) is 5.69 Å². The van der Waals surface area contributed by atoms with Crippen molar-refractivity contribution in [2.24, 2.45) is 11.3 Å². The molecular weight excluding hydrogens is 258 g/mol. The Morgan fingerprint density at radius 1 is 1.29 bits per heavy atom. The lowest BCUT2D eigenvalue weighted by molar-refractivity contribution is 0.226. The zero-order chi connectivity index (χ0) is 15.0. The third-order valence-electron chi connectivity index (χ3n) is 4.78. The minimum atomic E-state index is 0.399. The number of nitrogen functional groups attached to an aromatic ring is 1. The quantitative estimate of drug-likeness (QED) is 0.855. The van der Waals surface area contributed by atoms with Crippen LogP contribution in [0.25, 0.3) is 10.9 Å². The maximum Gasteiger partial charge on any atom is 0.0767 e. The maximum atomic E-state index is 6.06. The van der Waals surface area contributed by atoms with Crippen molar-refractivity contribution >= 4 is 16.6 Å². The molecule has 0 amide bonds. The molecule has 2 aromatic rings. The fourth-order valence-electron chi connectivity index (χ4n) is 3.30. The van der Waals surface area contributed by atoms with Crippen molar-refractivity contribution in [2.75, 3.05) is 18.8 Å². The Labute approximate surface area is 127 Å². The van der Waals surface area contributed by atoms with Crippen LogP contribution >= 0.6 is 0 Å². The zero-order valence-electron chi connectivity index (χ0n) is 13.3. The highest BCUT2D eigenvalue weighted by Gasteiger charge is 2.31. The van der Waals surface area contributed by atoms with Crippen molar-refractivity contribution in [1.29, 1.82) is 0 Å². The van der Waals surface area contributed by atoms with Gasteiger partial charge in [0.25, 0.3) is 0 Å². The summed E-state index contributed by atoms with van der Waals surface area (Å²) in [7, 11) is 0. The number of rotatable bonds is 2. The van der Waals surface area contributed by atoms with E-state index in [4.69, 9.17) is 5.73 Å². The number of likely N-dealkylation sites (tertiary alicyclic amines) is 1. The molecule has 1 atom stereocenters. The second-order valence-corrected chi connectivity index (χ2v) is 7.30. The van der Waals surface area contributed by atoms with Gasteiger partial charge in [-0.05, 0) is 48.1 Å². The van der Waals surface area contributed by atoms with Crippen LogP contribution in [0.2, 0.25) is 0 Å². The van der Waals surface area contributed by atoms with E-state index in [1.807, 2.05) is 18.3 Å². The summed E-state index contributed by atoms with van der Waals surface area (Å²) in [6.45, 7) is 10.4. The molecule has 0 saturated carbocycles. The molecule has 1 aliphatic heterocycles. The number of aromatic nitrogens is 1. The molecule has 1 aliphatic rings. The summed E-state index contributed by atoms with van der Waals surface area (Å²) in [5.41, 5.74) is 9.61. The van der Waals surface area contributed by atoms with Gasteiger partial charge in [0.05, 0.1) is 5.52 Å². The number of pyridine rings is 1. The second-order valence-electron chi connectivity index (χ2n) is 7.30. The highest BCUT2D eigenvalue weighted by Crippen LogP contribution is 2.34. The first kappa shape index (κ1) is 14.3. The molecule has 2 heterocycles. The number of hydrogen-bond donors (Lipinski definition) is 1. The Bertz CT molecular complexity index is 642. The fourth-order valence-corrected chi connectivity index (χ4v) is 3.30. The van der Waals surface area contributed by atoms with Gasteiger partial charge in [0.1, 0.15) is 0 Å². The number of hydrogen-bond acceptors (Lipinski definition) is 3. The number of fused-ring (bicyclic) bond motifs is 1. The maximum absolute atomic E-state index is 6.06. The van der Waals surface area contributed by atoms with E-state index in [0.717, 1.165) is 29.1 Å². The molecule has 0 radical (unpaired) electrons. The first-order chi connectivity index (χ1) is 9.95. The Balaban J connectivity index is 1.82. The van der Waals surface area contributed by atoms with Crippen molar-refractivity contribution in [2.45, 2.75) is 33.7 Å². The molecular formula is C18H25N3. The minimum Gasteiger partial charge on any atom is -0.398 e. The first-order valence-corrected chi connectivity index (χ1v) is 7.79. The Kier molecular flexibility index (Phi) is 3.62. The summed E-state index contributed by atoms with van der Waals surface area (Å²) in [5.74, 6) is 0.783. The minimum absolute atomic E-state index is 0.399. The highest BCUT2D eigenvalue weighted by atomic mass is 15.1.